The van der Waals surface area contributed by atoms with Gasteiger partial charge in [0.1, 0.15) is 12.3 Å². The van der Waals surface area contributed by atoms with Gasteiger partial charge in [-0.3, -0.25) is 10.1 Å². The standard InChI is InChI=1S/C12H9N5O4/c1-6-3-7(2)14-11(8(6)4-13)16-5-9(17(20)21)10(15-16)12(18)19/h3,5H,1-2H3,(H,18,19). The number of nitriles is 1. The zero-order chi connectivity index (χ0) is 15.7. The van der Waals surface area contributed by atoms with Crippen LogP contribution in [0.15, 0.2) is 12.3 Å². The Kier molecular flexibility index (Phi) is 3.37. The van der Waals surface area contributed by atoms with Crippen LogP contribution in [-0.2, 0) is 0 Å². The molecule has 0 atom stereocenters. The number of rotatable bonds is 3. The first-order chi connectivity index (χ1) is 9.85. The average molecular weight is 287 g/mol. The highest BCUT2D eigenvalue weighted by atomic mass is 16.6. The summed E-state index contributed by atoms with van der Waals surface area (Å²) in [5.41, 5.74) is 0.0127. The largest absolute Gasteiger partial charge is 0.476 e. The molecular formula is C12H9N5O4. The van der Waals surface area contributed by atoms with E-state index in [0.29, 0.717) is 11.3 Å². The number of carboxylic acids is 1. The number of pyridine rings is 1. The molecule has 2 heterocycles. The third kappa shape index (κ3) is 2.42. The maximum absolute atomic E-state index is 11.0. The van der Waals surface area contributed by atoms with Crippen LogP contribution in [0.1, 0.15) is 27.3 Å². The van der Waals surface area contributed by atoms with Crippen molar-refractivity contribution in [1.29, 1.82) is 5.26 Å². The van der Waals surface area contributed by atoms with Crippen LogP contribution in [0.2, 0.25) is 0 Å². The normalized spacial score (nSPS) is 10.1. The second-order valence-electron chi connectivity index (χ2n) is 4.26. The van der Waals surface area contributed by atoms with Crippen molar-refractivity contribution in [3.63, 3.8) is 0 Å². The van der Waals surface area contributed by atoms with Gasteiger partial charge in [-0.25, -0.2) is 14.5 Å². The van der Waals surface area contributed by atoms with Gasteiger partial charge in [-0.1, -0.05) is 0 Å². The predicted octanol–water partition coefficient (Wildman–Crippen LogP) is 1.36. The molecular weight excluding hydrogens is 278 g/mol. The molecule has 21 heavy (non-hydrogen) atoms. The molecule has 0 spiro atoms. The lowest BCUT2D eigenvalue weighted by atomic mass is 10.1. The Labute approximate surface area is 118 Å². The topological polar surface area (TPSA) is 135 Å². The minimum Gasteiger partial charge on any atom is -0.476 e. The first-order valence-electron chi connectivity index (χ1n) is 5.71. The Morgan fingerprint density at radius 1 is 1.52 bits per heavy atom. The van der Waals surface area contributed by atoms with E-state index in [1.54, 1.807) is 19.9 Å². The molecule has 1 N–H and O–H groups in total. The van der Waals surface area contributed by atoms with Crippen LogP contribution < -0.4 is 0 Å². The molecule has 0 saturated carbocycles. The molecule has 0 aliphatic carbocycles. The maximum atomic E-state index is 11.0. The Morgan fingerprint density at radius 3 is 2.67 bits per heavy atom. The first kappa shape index (κ1) is 14.1. The lowest BCUT2D eigenvalue weighted by Crippen LogP contribution is -2.07. The summed E-state index contributed by atoms with van der Waals surface area (Å²) in [6.45, 7) is 3.38. The third-order valence-electron chi connectivity index (χ3n) is 2.75. The number of nitro groups is 1. The fraction of sp³-hybridized carbons (Fsp3) is 0.167. The van der Waals surface area contributed by atoms with Crippen LogP contribution in [0, 0.1) is 35.3 Å². The van der Waals surface area contributed by atoms with Crippen molar-refractivity contribution in [2.24, 2.45) is 0 Å². The molecule has 0 fully saturated rings. The molecule has 0 radical (unpaired) electrons. The quantitative estimate of drug-likeness (QED) is 0.664. The molecule has 106 valence electrons. The van der Waals surface area contributed by atoms with Gasteiger partial charge in [0.25, 0.3) is 0 Å². The predicted molar refractivity (Wildman–Crippen MR) is 69.2 cm³/mol. The second kappa shape index (κ2) is 5.01. The van der Waals surface area contributed by atoms with Crippen LogP contribution in [0.4, 0.5) is 5.69 Å². The fourth-order valence-electron chi connectivity index (χ4n) is 1.88. The number of aromatic carboxylic acids is 1. The molecule has 2 rings (SSSR count). The Bertz CT molecular complexity index is 771. The molecule has 0 unspecified atom stereocenters. The summed E-state index contributed by atoms with van der Waals surface area (Å²) in [6, 6.07) is 3.61. The van der Waals surface area contributed by atoms with E-state index >= 15 is 0 Å². The van der Waals surface area contributed by atoms with Gasteiger partial charge in [-0.05, 0) is 25.5 Å². The summed E-state index contributed by atoms with van der Waals surface area (Å²) in [5, 5.41) is 32.6. The summed E-state index contributed by atoms with van der Waals surface area (Å²) in [7, 11) is 0. The third-order valence-corrected chi connectivity index (χ3v) is 2.75. The smallest absolute Gasteiger partial charge is 0.363 e. The molecule has 2 aromatic rings. The van der Waals surface area contributed by atoms with Gasteiger partial charge in [0.2, 0.25) is 5.69 Å². The molecule has 9 heteroatoms. The first-order valence-corrected chi connectivity index (χ1v) is 5.71. The van der Waals surface area contributed by atoms with Crippen LogP contribution in [0.3, 0.4) is 0 Å². The molecule has 0 aliphatic rings. The molecule has 0 amide bonds. The van der Waals surface area contributed by atoms with E-state index in [2.05, 4.69) is 10.1 Å². The van der Waals surface area contributed by atoms with Crippen LogP contribution in [-0.4, -0.2) is 30.8 Å². The lowest BCUT2D eigenvalue weighted by Gasteiger charge is -2.06. The second-order valence-corrected chi connectivity index (χ2v) is 4.26. The van der Waals surface area contributed by atoms with Crippen molar-refractivity contribution in [3.8, 4) is 11.9 Å². The Balaban J connectivity index is 2.74. The average Bonchev–Trinajstić information content (AvgIpc) is 2.83. The fourth-order valence-corrected chi connectivity index (χ4v) is 1.88. The van der Waals surface area contributed by atoms with E-state index < -0.39 is 22.3 Å². The van der Waals surface area contributed by atoms with Crippen molar-refractivity contribution < 1.29 is 14.8 Å². The Morgan fingerprint density at radius 2 is 2.19 bits per heavy atom. The van der Waals surface area contributed by atoms with E-state index in [1.807, 2.05) is 6.07 Å². The van der Waals surface area contributed by atoms with Crippen LogP contribution >= 0.6 is 0 Å². The molecule has 0 aliphatic heterocycles. The highest BCUT2D eigenvalue weighted by Gasteiger charge is 2.27. The molecule has 9 nitrogen and oxygen atoms in total. The molecule has 0 aromatic carbocycles. The van der Waals surface area contributed by atoms with Crippen molar-refractivity contribution in [1.82, 2.24) is 14.8 Å². The van der Waals surface area contributed by atoms with Crippen molar-refractivity contribution >= 4 is 11.7 Å². The number of aryl methyl sites for hydroxylation is 2. The van der Waals surface area contributed by atoms with Crippen LogP contribution in [0.25, 0.3) is 5.82 Å². The van der Waals surface area contributed by atoms with Gasteiger partial charge in [0.05, 0.1) is 10.5 Å². The number of nitrogens with zero attached hydrogens (tertiary/aromatic N) is 5. The zero-order valence-electron chi connectivity index (χ0n) is 11.1. The molecule has 0 saturated heterocycles. The number of hydrogen-bond acceptors (Lipinski definition) is 6. The van der Waals surface area contributed by atoms with Crippen molar-refractivity contribution in [2.75, 3.05) is 0 Å². The maximum Gasteiger partial charge on any atom is 0.363 e. The van der Waals surface area contributed by atoms with Gasteiger partial charge in [0.15, 0.2) is 5.82 Å². The minimum absolute atomic E-state index is 0.0607. The van der Waals surface area contributed by atoms with E-state index in [0.717, 1.165) is 10.9 Å². The van der Waals surface area contributed by atoms with Crippen LogP contribution in [0.5, 0.6) is 0 Å². The lowest BCUT2D eigenvalue weighted by molar-refractivity contribution is -0.385. The zero-order valence-corrected chi connectivity index (χ0v) is 11.1. The summed E-state index contributed by atoms with van der Waals surface area (Å²) >= 11 is 0. The van der Waals surface area contributed by atoms with Gasteiger partial charge in [-0.15, -0.1) is 0 Å². The van der Waals surface area contributed by atoms with E-state index in [1.165, 1.54) is 0 Å². The molecule has 2 aromatic heterocycles. The van der Waals surface area contributed by atoms with Gasteiger partial charge < -0.3 is 5.11 Å². The van der Waals surface area contributed by atoms with E-state index in [4.69, 9.17) is 10.4 Å². The molecule has 0 bridgehead atoms. The van der Waals surface area contributed by atoms with E-state index in [-0.39, 0.29) is 11.4 Å². The SMILES string of the molecule is Cc1cc(C)c(C#N)c(-n2cc([N+](=O)[O-])c(C(=O)O)n2)n1. The van der Waals surface area contributed by atoms with Gasteiger partial charge in [-0.2, -0.15) is 10.4 Å². The Hall–Kier alpha value is -3.28. The van der Waals surface area contributed by atoms with Crippen molar-refractivity contribution in [2.45, 2.75) is 13.8 Å². The summed E-state index contributed by atoms with van der Waals surface area (Å²) in [6.07, 6.45) is 0.936. The summed E-state index contributed by atoms with van der Waals surface area (Å²) in [4.78, 5) is 25.1. The van der Waals surface area contributed by atoms with Gasteiger partial charge in [0, 0.05) is 5.69 Å². The number of carbonyl (C=O) groups is 1. The summed E-state index contributed by atoms with van der Waals surface area (Å²) < 4.78 is 0.945. The number of aromatic nitrogens is 3. The number of carboxylic acid groups (broad SMARTS) is 1. The van der Waals surface area contributed by atoms with Gasteiger partial charge >= 0.3 is 11.7 Å². The highest BCUT2D eigenvalue weighted by Crippen LogP contribution is 2.22. The highest BCUT2D eigenvalue weighted by molar-refractivity contribution is 5.90. The minimum atomic E-state index is -1.52. The van der Waals surface area contributed by atoms with Crippen molar-refractivity contribution in [3.05, 3.63) is 44.9 Å². The van der Waals surface area contributed by atoms with E-state index in [9.17, 15) is 14.9 Å². The summed E-state index contributed by atoms with van der Waals surface area (Å²) in [5.74, 6) is -1.46. The monoisotopic (exact) mass is 287 g/mol. The number of hydrogen-bond donors (Lipinski definition) is 1.